The fraction of sp³-hybridized carbons (Fsp3) is 0.353. The Balaban J connectivity index is 1.77. The number of hydrogen-bond acceptors (Lipinski definition) is 5. The Labute approximate surface area is 144 Å². The third-order valence-corrected chi connectivity index (χ3v) is 5.80. The van der Waals surface area contributed by atoms with Crippen LogP contribution < -0.4 is 0 Å². The standard InChI is InChI=1S/C17H18N4S2/c1-22-17-19-16-18-14-10-6-5-9-13(14)15(21(16)20-17)23-11-12-7-3-2-4-8-12/h2-4,7-8H,5-6,9-11H2,1H3. The van der Waals surface area contributed by atoms with Gasteiger partial charge in [-0.2, -0.15) is 9.50 Å². The van der Waals surface area contributed by atoms with E-state index in [1.54, 1.807) is 11.8 Å². The lowest BCUT2D eigenvalue weighted by atomic mass is 9.97. The molecule has 0 N–H and O–H groups in total. The van der Waals surface area contributed by atoms with Crippen LogP contribution in [0.2, 0.25) is 0 Å². The second kappa shape index (κ2) is 6.53. The summed E-state index contributed by atoms with van der Waals surface area (Å²) < 4.78 is 1.95. The van der Waals surface area contributed by atoms with Crippen LogP contribution in [0.15, 0.2) is 40.5 Å². The van der Waals surface area contributed by atoms with Crippen molar-refractivity contribution in [3.63, 3.8) is 0 Å². The molecule has 0 fully saturated rings. The molecule has 0 amide bonds. The van der Waals surface area contributed by atoms with Gasteiger partial charge in [0.25, 0.3) is 5.78 Å². The molecular formula is C17H18N4S2. The van der Waals surface area contributed by atoms with Gasteiger partial charge in [0.05, 0.1) is 5.69 Å². The molecule has 0 spiro atoms. The highest BCUT2D eigenvalue weighted by atomic mass is 32.2. The summed E-state index contributed by atoms with van der Waals surface area (Å²) >= 11 is 3.42. The second-order valence-electron chi connectivity index (χ2n) is 5.63. The highest BCUT2D eigenvalue weighted by Gasteiger charge is 2.21. The molecule has 1 aromatic carbocycles. The Morgan fingerprint density at radius 1 is 1.09 bits per heavy atom. The average Bonchev–Trinajstić information content (AvgIpc) is 3.02. The lowest BCUT2D eigenvalue weighted by Gasteiger charge is -2.18. The van der Waals surface area contributed by atoms with Crippen LogP contribution >= 0.6 is 23.5 Å². The number of aryl methyl sites for hydroxylation is 1. The lowest BCUT2D eigenvalue weighted by molar-refractivity contribution is 0.633. The lowest BCUT2D eigenvalue weighted by Crippen LogP contribution is -2.11. The van der Waals surface area contributed by atoms with E-state index < -0.39 is 0 Å². The van der Waals surface area contributed by atoms with E-state index in [9.17, 15) is 0 Å². The largest absolute Gasteiger partial charge is 0.254 e. The van der Waals surface area contributed by atoms with Crippen molar-refractivity contribution in [2.75, 3.05) is 6.26 Å². The molecular weight excluding hydrogens is 324 g/mol. The number of rotatable bonds is 4. The quantitative estimate of drug-likeness (QED) is 0.529. The van der Waals surface area contributed by atoms with Crippen LogP contribution in [-0.2, 0) is 18.6 Å². The summed E-state index contributed by atoms with van der Waals surface area (Å²) in [5.41, 5.74) is 3.93. The topological polar surface area (TPSA) is 43.1 Å². The third kappa shape index (κ3) is 2.97. The molecule has 6 heteroatoms. The van der Waals surface area contributed by atoms with Gasteiger partial charge in [-0.25, -0.2) is 4.98 Å². The van der Waals surface area contributed by atoms with E-state index in [4.69, 9.17) is 4.98 Å². The Morgan fingerprint density at radius 2 is 1.91 bits per heavy atom. The summed E-state index contributed by atoms with van der Waals surface area (Å²) in [6.45, 7) is 0. The summed E-state index contributed by atoms with van der Waals surface area (Å²) in [4.78, 5) is 9.31. The van der Waals surface area contributed by atoms with Crippen LogP contribution in [0.4, 0.5) is 0 Å². The minimum atomic E-state index is 0.741. The maximum Gasteiger partial charge on any atom is 0.254 e. The molecule has 4 nitrogen and oxygen atoms in total. The molecule has 1 aliphatic rings. The van der Waals surface area contributed by atoms with Gasteiger partial charge in [-0.05, 0) is 37.5 Å². The van der Waals surface area contributed by atoms with Crippen LogP contribution in [-0.4, -0.2) is 25.8 Å². The SMILES string of the molecule is CSc1nc2nc3c(c(SCc4ccccc4)n2n1)CCCC3. The molecule has 2 aromatic heterocycles. The van der Waals surface area contributed by atoms with Crippen molar-refractivity contribution in [3.05, 3.63) is 47.2 Å². The fourth-order valence-electron chi connectivity index (χ4n) is 2.95. The van der Waals surface area contributed by atoms with Crippen LogP contribution in [0.3, 0.4) is 0 Å². The third-order valence-electron chi connectivity index (χ3n) is 4.10. The summed E-state index contributed by atoms with van der Waals surface area (Å²) in [5, 5.41) is 6.65. The van der Waals surface area contributed by atoms with E-state index in [-0.39, 0.29) is 0 Å². The van der Waals surface area contributed by atoms with Crippen molar-refractivity contribution < 1.29 is 0 Å². The molecule has 0 atom stereocenters. The van der Waals surface area contributed by atoms with E-state index in [1.807, 2.05) is 22.5 Å². The predicted octanol–water partition coefficient (Wildman–Crippen LogP) is 4.02. The number of benzene rings is 1. The number of hydrogen-bond donors (Lipinski definition) is 0. The van der Waals surface area contributed by atoms with E-state index in [0.29, 0.717) is 0 Å². The highest BCUT2D eigenvalue weighted by Crippen LogP contribution is 2.32. The van der Waals surface area contributed by atoms with Gasteiger partial charge < -0.3 is 0 Å². The molecule has 118 valence electrons. The van der Waals surface area contributed by atoms with Crippen molar-refractivity contribution in [1.82, 2.24) is 19.6 Å². The van der Waals surface area contributed by atoms with E-state index in [2.05, 4.69) is 40.4 Å². The second-order valence-corrected chi connectivity index (χ2v) is 7.37. The van der Waals surface area contributed by atoms with Crippen LogP contribution in [0, 0.1) is 0 Å². The Bertz CT molecular complexity index is 829. The first-order valence-electron chi connectivity index (χ1n) is 7.84. The molecule has 2 heterocycles. The zero-order valence-corrected chi connectivity index (χ0v) is 14.7. The first-order valence-corrected chi connectivity index (χ1v) is 10.1. The van der Waals surface area contributed by atoms with E-state index in [1.165, 1.54) is 34.7 Å². The fourth-order valence-corrected chi connectivity index (χ4v) is 4.42. The molecule has 3 aromatic rings. The Kier molecular flexibility index (Phi) is 4.27. The number of fused-ring (bicyclic) bond motifs is 2. The molecule has 1 aliphatic carbocycles. The van der Waals surface area contributed by atoms with Gasteiger partial charge in [0.2, 0.25) is 5.16 Å². The summed E-state index contributed by atoms with van der Waals surface area (Å²) in [7, 11) is 0. The smallest absolute Gasteiger partial charge is 0.216 e. The first-order chi connectivity index (χ1) is 11.3. The van der Waals surface area contributed by atoms with Gasteiger partial charge in [-0.1, -0.05) is 42.1 Å². The van der Waals surface area contributed by atoms with Crippen molar-refractivity contribution in [1.29, 1.82) is 0 Å². The molecule has 0 radical (unpaired) electrons. The molecule has 23 heavy (non-hydrogen) atoms. The monoisotopic (exact) mass is 342 g/mol. The molecule has 0 unspecified atom stereocenters. The van der Waals surface area contributed by atoms with Gasteiger partial charge >= 0.3 is 0 Å². The number of nitrogens with zero attached hydrogens (tertiary/aromatic N) is 4. The molecule has 0 saturated carbocycles. The van der Waals surface area contributed by atoms with Crippen LogP contribution in [0.5, 0.6) is 0 Å². The van der Waals surface area contributed by atoms with Crippen LogP contribution in [0.1, 0.15) is 29.7 Å². The molecule has 0 aliphatic heterocycles. The summed E-state index contributed by atoms with van der Waals surface area (Å²) in [6.07, 6.45) is 6.63. The number of thioether (sulfide) groups is 2. The minimum absolute atomic E-state index is 0.741. The minimum Gasteiger partial charge on any atom is -0.216 e. The zero-order valence-electron chi connectivity index (χ0n) is 13.0. The summed E-state index contributed by atoms with van der Waals surface area (Å²) in [5.74, 6) is 1.69. The van der Waals surface area contributed by atoms with Crippen molar-refractivity contribution in [2.45, 2.75) is 41.6 Å². The maximum atomic E-state index is 4.76. The van der Waals surface area contributed by atoms with E-state index >= 15 is 0 Å². The molecule has 0 bridgehead atoms. The van der Waals surface area contributed by atoms with Crippen molar-refractivity contribution in [3.8, 4) is 0 Å². The Hall–Kier alpha value is -1.53. The van der Waals surface area contributed by atoms with Crippen molar-refractivity contribution in [2.24, 2.45) is 0 Å². The molecule has 4 rings (SSSR count). The van der Waals surface area contributed by atoms with Gasteiger partial charge in [0.15, 0.2) is 0 Å². The average molecular weight is 342 g/mol. The van der Waals surface area contributed by atoms with Gasteiger partial charge in [0, 0.05) is 11.3 Å². The van der Waals surface area contributed by atoms with Gasteiger partial charge in [-0.15, -0.1) is 16.9 Å². The van der Waals surface area contributed by atoms with Gasteiger partial charge in [0.1, 0.15) is 5.03 Å². The zero-order chi connectivity index (χ0) is 15.6. The maximum absolute atomic E-state index is 4.76. The normalized spacial score (nSPS) is 14.1. The summed E-state index contributed by atoms with van der Waals surface area (Å²) in [6, 6.07) is 10.6. The van der Waals surface area contributed by atoms with Crippen molar-refractivity contribution >= 4 is 29.3 Å². The van der Waals surface area contributed by atoms with Gasteiger partial charge in [-0.3, -0.25) is 0 Å². The predicted molar refractivity (Wildman–Crippen MR) is 95.2 cm³/mol. The van der Waals surface area contributed by atoms with E-state index in [0.717, 1.165) is 29.5 Å². The first kappa shape index (κ1) is 15.0. The Morgan fingerprint density at radius 3 is 2.74 bits per heavy atom. The number of aromatic nitrogens is 4. The molecule has 0 saturated heterocycles. The van der Waals surface area contributed by atoms with Crippen LogP contribution in [0.25, 0.3) is 5.78 Å². The highest BCUT2D eigenvalue weighted by molar-refractivity contribution is 7.98.